The highest BCUT2D eigenvalue weighted by molar-refractivity contribution is 5.99. The summed E-state index contributed by atoms with van der Waals surface area (Å²) in [5.41, 5.74) is 9.65. The predicted octanol–water partition coefficient (Wildman–Crippen LogP) is 2.53. The molecule has 0 bridgehead atoms. The molecule has 3 N–H and O–H groups in total. The van der Waals surface area contributed by atoms with Gasteiger partial charge in [-0.05, 0) is 42.3 Å². The number of benzene rings is 2. The van der Waals surface area contributed by atoms with E-state index in [2.05, 4.69) is 53.1 Å². The lowest BCUT2D eigenvalue weighted by atomic mass is 10.1. The van der Waals surface area contributed by atoms with Crippen LogP contribution >= 0.6 is 0 Å². The van der Waals surface area contributed by atoms with Crippen molar-refractivity contribution in [3.8, 4) is 0 Å². The minimum absolute atomic E-state index is 0.101. The summed E-state index contributed by atoms with van der Waals surface area (Å²) in [6, 6.07) is 16.3. The zero-order valence-electron chi connectivity index (χ0n) is 11.9. The number of aromatic nitrogens is 1. The summed E-state index contributed by atoms with van der Waals surface area (Å²) in [6.07, 6.45) is 2.07. The molecule has 0 aliphatic carbocycles. The number of aryl methyl sites for hydroxylation is 1. The minimum Gasteiger partial charge on any atom is -0.343 e. The van der Waals surface area contributed by atoms with Crippen LogP contribution in [0, 0.1) is 12.3 Å². The van der Waals surface area contributed by atoms with Crippen LogP contribution in [0.4, 0.5) is 0 Å². The van der Waals surface area contributed by atoms with Gasteiger partial charge in [0, 0.05) is 34.3 Å². The molecule has 0 spiro atoms. The molecule has 21 heavy (non-hydrogen) atoms. The minimum atomic E-state index is 0.101. The van der Waals surface area contributed by atoms with Crippen LogP contribution in [0.15, 0.2) is 59.8 Å². The Kier molecular flexibility index (Phi) is 3.36. The Morgan fingerprint density at radius 1 is 1.19 bits per heavy atom. The number of nitrogens with zero attached hydrogens (tertiary/aromatic N) is 2. The molecule has 2 aromatic carbocycles. The van der Waals surface area contributed by atoms with Crippen LogP contribution in [0.25, 0.3) is 10.9 Å². The Labute approximate surface area is 123 Å². The van der Waals surface area contributed by atoms with E-state index in [4.69, 9.17) is 10.9 Å². The van der Waals surface area contributed by atoms with Crippen molar-refractivity contribution in [3.63, 3.8) is 0 Å². The molecule has 0 radical (unpaired) electrons. The fourth-order valence-corrected chi connectivity index (χ4v) is 2.53. The molecule has 0 aliphatic heterocycles. The summed E-state index contributed by atoms with van der Waals surface area (Å²) in [5, 5.41) is 12.2. The topological polar surface area (TPSA) is 66.7 Å². The van der Waals surface area contributed by atoms with E-state index in [1.165, 1.54) is 11.1 Å². The second-order valence-corrected chi connectivity index (χ2v) is 5.12. The average molecular weight is 277 g/mol. The number of hydrogen-bond acceptors (Lipinski definition) is 1. The number of hydrogen-bond donors (Lipinski definition) is 2. The molecule has 0 saturated heterocycles. The van der Waals surface area contributed by atoms with Crippen LogP contribution in [-0.2, 0) is 6.54 Å². The van der Waals surface area contributed by atoms with Gasteiger partial charge in [-0.3, -0.25) is 5.41 Å². The summed E-state index contributed by atoms with van der Waals surface area (Å²) < 4.78 is 2.21. The third-order valence-corrected chi connectivity index (χ3v) is 3.78. The number of nitrogens with two attached hydrogens (primary N) is 1. The molecule has 0 atom stereocenters. The third-order valence-electron chi connectivity index (χ3n) is 3.78. The van der Waals surface area contributed by atoms with Crippen LogP contribution in [0.2, 0.25) is 0 Å². The van der Waals surface area contributed by atoms with E-state index >= 15 is 0 Å². The summed E-state index contributed by atoms with van der Waals surface area (Å²) in [5.74, 6) is 0.101. The molecule has 4 nitrogen and oxygen atoms in total. The molecule has 3 rings (SSSR count). The monoisotopic (exact) mass is 277 g/mol. The number of rotatable bonds is 3. The van der Waals surface area contributed by atoms with Crippen LogP contribution in [0.1, 0.15) is 16.7 Å². The zero-order chi connectivity index (χ0) is 14.8. The lowest BCUT2D eigenvalue weighted by Gasteiger charge is -2.08. The fraction of sp³-hybridized carbons (Fsp3) is 0.118. The molecule has 0 amide bonds. The number of fused-ring (bicyclic) bond motifs is 1. The summed E-state index contributed by atoms with van der Waals surface area (Å²) in [4.78, 5) is 0. The Bertz CT molecular complexity index is 830. The first kappa shape index (κ1) is 13.2. The molecular formula is C17H17N4+. The van der Waals surface area contributed by atoms with E-state index in [1.54, 1.807) is 0 Å². The SMILES string of the molecule is Cc1ccccc1Cn1ccc2cc(C(=N)N=[NH2+])ccc21. The van der Waals surface area contributed by atoms with Gasteiger partial charge in [-0.25, -0.2) is 0 Å². The molecule has 0 unspecified atom stereocenters. The predicted molar refractivity (Wildman–Crippen MR) is 83.4 cm³/mol. The van der Waals surface area contributed by atoms with Gasteiger partial charge in [-0.2, -0.15) is 5.53 Å². The Morgan fingerprint density at radius 3 is 2.76 bits per heavy atom. The first-order valence-electron chi connectivity index (χ1n) is 6.82. The van der Waals surface area contributed by atoms with Gasteiger partial charge in [-0.1, -0.05) is 24.3 Å². The van der Waals surface area contributed by atoms with Crippen molar-refractivity contribution in [1.29, 1.82) is 5.41 Å². The van der Waals surface area contributed by atoms with Crippen LogP contribution in [-0.4, -0.2) is 10.4 Å². The van der Waals surface area contributed by atoms with E-state index in [0.717, 1.165) is 23.0 Å². The first-order chi connectivity index (χ1) is 10.2. The highest BCUT2D eigenvalue weighted by Crippen LogP contribution is 2.20. The zero-order valence-corrected chi connectivity index (χ0v) is 11.9. The van der Waals surface area contributed by atoms with Crippen molar-refractivity contribution in [2.75, 3.05) is 0 Å². The maximum atomic E-state index is 7.67. The van der Waals surface area contributed by atoms with Gasteiger partial charge in [0.15, 0.2) is 0 Å². The Hall–Kier alpha value is -2.75. The molecule has 3 aromatic rings. The Morgan fingerprint density at radius 2 is 2.00 bits per heavy atom. The second kappa shape index (κ2) is 5.32. The smallest absolute Gasteiger partial charge is 0.218 e. The number of amidine groups is 1. The molecule has 0 saturated carbocycles. The van der Waals surface area contributed by atoms with Crippen molar-refractivity contribution in [2.45, 2.75) is 13.5 Å². The van der Waals surface area contributed by atoms with Gasteiger partial charge >= 0.3 is 0 Å². The van der Waals surface area contributed by atoms with E-state index in [-0.39, 0.29) is 5.84 Å². The summed E-state index contributed by atoms with van der Waals surface area (Å²) in [6.45, 7) is 2.97. The van der Waals surface area contributed by atoms with Crippen molar-refractivity contribution >= 4 is 16.7 Å². The van der Waals surface area contributed by atoms with E-state index < -0.39 is 0 Å². The maximum absolute atomic E-state index is 7.67. The van der Waals surface area contributed by atoms with Crippen molar-refractivity contribution in [1.82, 2.24) is 4.57 Å². The molecule has 0 fully saturated rings. The van der Waals surface area contributed by atoms with Gasteiger partial charge < -0.3 is 4.57 Å². The van der Waals surface area contributed by atoms with Gasteiger partial charge in [0.1, 0.15) is 0 Å². The molecule has 1 aromatic heterocycles. The van der Waals surface area contributed by atoms with Crippen molar-refractivity contribution < 1.29 is 5.53 Å². The first-order valence-corrected chi connectivity index (χ1v) is 6.82. The van der Waals surface area contributed by atoms with Crippen molar-refractivity contribution in [3.05, 3.63) is 71.4 Å². The van der Waals surface area contributed by atoms with E-state index in [9.17, 15) is 0 Å². The van der Waals surface area contributed by atoms with Crippen LogP contribution in [0.5, 0.6) is 0 Å². The quantitative estimate of drug-likeness (QED) is 0.420. The van der Waals surface area contributed by atoms with E-state index in [1.807, 2.05) is 18.2 Å². The molecule has 104 valence electrons. The Balaban J connectivity index is 1.99. The van der Waals surface area contributed by atoms with Crippen molar-refractivity contribution in [2.24, 2.45) is 5.11 Å². The molecule has 1 heterocycles. The highest BCUT2D eigenvalue weighted by Gasteiger charge is 2.07. The van der Waals surface area contributed by atoms with Crippen LogP contribution in [0.3, 0.4) is 0 Å². The van der Waals surface area contributed by atoms with E-state index in [0.29, 0.717) is 0 Å². The maximum Gasteiger partial charge on any atom is 0.218 e. The normalized spacial score (nSPS) is 10.7. The highest BCUT2D eigenvalue weighted by atomic mass is 15.0. The second-order valence-electron chi connectivity index (χ2n) is 5.12. The lowest BCUT2D eigenvalue weighted by molar-refractivity contribution is -0.207. The van der Waals surface area contributed by atoms with Gasteiger partial charge in [0.05, 0.1) is 0 Å². The summed E-state index contributed by atoms with van der Waals surface area (Å²) in [7, 11) is 0. The largest absolute Gasteiger partial charge is 0.343 e. The third kappa shape index (κ3) is 2.48. The molecule has 0 aliphatic rings. The summed E-state index contributed by atoms with van der Waals surface area (Å²) >= 11 is 0. The molecule has 4 heteroatoms. The van der Waals surface area contributed by atoms with Gasteiger partial charge in [0.2, 0.25) is 5.84 Å². The van der Waals surface area contributed by atoms with Crippen LogP contribution < -0.4 is 5.53 Å². The fourth-order valence-electron chi connectivity index (χ4n) is 2.53. The lowest BCUT2D eigenvalue weighted by Crippen LogP contribution is -2.26. The average Bonchev–Trinajstić information content (AvgIpc) is 2.91. The number of nitrogens with one attached hydrogen (secondary N) is 1. The standard InChI is InChI=1S/C17H16N4/c1-12-4-2-3-5-15(12)11-21-9-8-13-10-14(17(18)20-19)6-7-16(13)21/h2-10,18-19H,11H2,1H3/p+1. The van der Waals surface area contributed by atoms with Gasteiger partial charge in [-0.15, -0.1) is 0 Å². The molecular weight excluding hydrogens is 260 g/mol. The van der Waals surface area contributed by atoms with Gasteiger partial charge in [0.25, 0.3) is 0 Å².